The molecule has 0 N–H and O–H groups in total. The zero-order valence-corrected chi connectivity index (χ0v) is 82.1. The van der Waals surface area contributed by atoms with Crippen molar-refractivity contribution in [1.82, 2.24) is 34.6 Å². The van der Waals surface area contributed by atoms with Crippen molar-refractivity contribution in [3.8, 4) is 34.1 Å². The average Bonchev–Trinajstić information content (AvgIpc) is 0.908. The van der Waals surface area contributed by atoms with E-state index in [4.69, 9.17) is 14.2 Å². The summed E-state index contributed by atoms with van der Waals surface area (Å²) in [5.41, 5.74) is 28.6. The van der Waals surface area contributed by atoms with E-state index in [9.17, 15) is 14.4 Å². The van der Waals surface area contributed by atoms with E-state index in [1.165, 1.54) is 93.4 Å². The van der Waals surface area contributed by atoms with Gasteiger partial charge in [0, 0.05) is 130 Å². The van der Waals surface area contributed by atoms with Crippen LogP contribution < -0.4 is 24.3 Å². The number of nitrogens with zero attached hydrogens (tertiary/aromatic N) is 11. The molecular formula is C130H117N11O5S2. The van der Waals surface area contributed by atoms with Crippen LogP contribution in [0.5, 0.6) is 11.5 Å². The number of imidazole rings is 1. The van der Waals surface area contributed by atoms with Crippen molar-refractivity contribution >= 4 is 103 Å². The van der Waals surface area contributed by atoms with Gasteiger partial charge >= 0.3 is 0 Å². The number of hydrogen-bond donors (Lipinski definition) is 0. The van der Waals surface area contributed by atoms with E-state index in [0.717, 1.165) is 132 Å². The first-order chi connectivity index (χ1) is 71.2. The molecule has 1 amide bonds. The standard InChI is InChI=1S/C40H32N4OS2.C39H33NO2.C32H25N3O.C16H15N3O.3CH4/c1-5-13-36-32(9-1)43(33-10-2-6-14-37(33)46-36)30-20-27(21-30)25-17-26(19-29(18-25)40-41-24-45-42-40)28-22-31(23-28)44-34-11-3-7-15-38(34)47-39-16-8-4-12-35(39)44;1-39(2)33-17-9-11-19-35(33)40(36-20-12-10-18-34(36)39)32-24-29(25-32)28-21-30(37(41)26-13-5-3-6-14-26)23-31(22-28)38(42)27-15-7-4-8-16-27;1-2-9-22(10-3-1)27-20-34-28(21-33-27)25-17-24(18-25)23-11-8-12-26(19-23)35-29-13-4-6-15-31(29)36-32-16-7-5-14-30(32)35;1-11-6-7-16(20)19(11)13-8-12(9-13)18-10-17-14-4-2-3-5-15(14)18;;;/h1-19,24,27-28,30-31H,20-23H2;3-23,29,32H,24-25H2,1-2H3;1-16,19-21,24-25H,17-18H2;2-7,10,12-13H,1,8-9H2;3*1H4. The molecule has 18 heteroatoms. The summed E-state index contributed by atoms with van der Waals surface area (Å²) in [5, 5.41) is 4.24. The fourth-order valence-corrected chi connectivity index (χ4v) is 25.4. The number of fused-ring (bicyclic) bond motifs is 9. The number of carbonyl (C=O) groups excluding carboxylic acids is 3. The minimum atomic E-state index is -0.0777. The highest BCUT2D eigenvalue weighted by atomic mass is 32.2. The molecule has 0 unspecified atom stereocenters. The third-order valence-electron chi connectivity index (χ3n) is 31.2. The number of benzene rings is 15. The highest BCUT2D eigenvalue weighted by Gasteiger charge is 2.47. The van der Waals surface area contributed by atoms with E-state index in [1.54, 1.807) is 18.2 Å². The maximum Gasteiger partial charge on any atom is 0.251 e. The molecule has 10 aliphatic rings. The van der Waals surface area contributed by atoms with E-state index in [1.807, 2.05) is 181 Å². The molecule has 148 heavy (non-hydrogen) atoms. The quantitative estimate of drug-likeness (QED) is 0.0792. The summed E-state index contributed by atoms with van der Waals surface area (Å²) in [6.07, 6.45) is 21.1. The molecule has 0 spiro atoms. The van der Waals surface area contributed by atoms with Crippen molar-refractivity contribution < 1.29 is 23.6 Å². The van der Waals surface area contributed by atoms with Crippen LogP contribution in [0.25, 0.3) is 33.7 Å². The molecule has 5 fully saturated rings. The number of anilines is 9. The molecule has 8 heterocycles. The van der Waals surface area contributed by atoms with Crippen LogP contribution in [-0.4, -0.2) is 76.2 Å². The Morgan fingerprint density at radius 2 is 0.797 bits per heavy atom. The molecule has 0 atom stereocenters. The molecule has 734 valence electrons. The number of ether oxygens (including phenoxy) is 1. The molecule has 5 saturated carbocycles. The van der Waals surface area contributed by atoms with Gasteiger partial charge < -0.3 is 38.3 Å². The highest BCUT2D eigenvalue weighted by Crippen LogP contribution is 2.60. The van der Waals surface area contributed by atoms with Crippen molar-refractivity contribution in [3.05, 3.63) is 481 Å². The van der Waals surface area contributed by atoms with Crippen LogP contribution in [0.3, 0.4) is 0 Å². The topological polar surface area (TPSA) is 159 Å². The second-order valence-electron chi connectivity index (χ2n) is 40.2. The minimum Gasteiger partial charge on any atom is -0.453 e. The molecule has 0 bridgehead atoms. The monoisotopic (exact) mass is 1980 g/mol. The zero-order chi connectivity index (χ0) is 97.3. The zero-order valence-electron chi connectivity index (χ0n) is 80.5. The lowest BCUT2D eigenvalue weighted by atomic mass is 9.70. The number of allylic oxidation sites excluding steroid dienone is 1. The summed E-state index contributed by atoms with van der Waals surface area (Å²) < 4.78 is 13.6. The molecule has 0 radical (unpaired) electrons. The average molecular weight is 1980 g/mol. The molecule has 28 rings (SSSR count). The van der Waals surface area contributed by atoms with Gasteiger partial charge in [-0.2, -0.15) is 4.98 Å². The second kappa shape index (κ2) is 41.1. The predicted molar refractivity (Wildman–Crippen MR) is 599 cm³/mol. The van der Waals surface area contributed by atoms with Gasteiger partial charge in [-0.15, -0.1) is 0 Å². The number of ketones is 2. The van der Waals surface area contributed by atoms with Crippen LogP contribution in [0.4, 0.5) is 51.2 Å². The normalized spacial score (nSPS) is 20.1. The Balaban J connectivity index is 0.000000115. The van der Waals surface area contributed by atoms with Gasteiger partial charge in [-0.05, 0) is 267 Å². The van der Waals surface area contributed by atoms with Crippen molar-refractivity contribution in [2.45, 2.75) is 185 Å². The maximum atomic E-state index is 13.6. The van der Waals surface area contributed by atoms with E-state index < -0.39 is 0 Å². The van der Waals surface area contributed by atoms with Gasteiger partial charge in [-0.3, -0.25) is 24.4 Å². The lowest BCUT2D eigenvalue weighted by Crippen LogP contribution is -2.45. The molecule has 18 aromatic rings. The molecule has 5 aliphatic heterocycles. The van der Waals surface area contributed by atoms with Crippen molar-refractivity contribution in [2.24, 2.45) is 0 Å². The van der Waals surface area contributed by atoms with Crippen molar-refractivity contribution in [3.63, 3.8) is 0 Å². The van der Waals surface area contributed by atoms with Crippen LogP contribution in [0.1, 0.15) is 207 Å². The Kier molecular flexibility index (Phi) is 26.9. The Hall–Kier alpha value is -16.0. The largest absolute Gasteiger partial charge is 0.453 e. The smallest absolute Gasteiger partial charge is 0.251 e. The van der Waals surface area contributed by atoms with Crippen molar-refractivity contribution in [2.75, 3.05) is 19.6 Å². The Labute approximate surface area is 875 Å². The fourth-order valence-electron chi connectivity index (χ4n) is 23.3. The summed E-state index contributed by atoms with van der Waals surface area (Å²) >= 11 is 3.77. The molecule has 15 aromatic carbocycles. The lowest BCUT2D eigenvalue weighted by Gasteiger charge is -2.50. The van der Waals surface area contributed by atoms with Crippen LogP contribution in [-0.2, 0) is 10.2 Å². The first-order valence-electron chi connectivity index (χ1n) is 50.6. The Morgan fingerprint density at radius 3 is 1.28 bits per heavy atom. The van der Waals surface area contributed by atoms with Gasteiger partial charge in [0.2, 0.25) is 12.2 Å². The first kappa shape index (κ1) is 96.7. The molecule has 16 nitrogen and oxygen atoms in total. The number of hydrogen-bond acceptors (Lipinski definition) is 16. The van der Waals surface area contributed by atoms with Gasteiger partial charge in [0.05, 0.1) is 69.1 Å². The minimum absolute atomic E-state index is 0. The maximum absolute atomic E-state index is 13.6. The summed E-state index contributed by atoms with van der Waals surface area (Å²) in [6.45, 7) is 8.55. The van der Waals surface area contributed by atoms with Gasteiger partial charge in [-0.1, -0.05) is 302 Å². The van der Waals surface area contributed by atoms with Crippen LogP contribution in [0.15, 0.2) is 444 Å². The summed E-state index contributed by atoms with van der Waals surface area (Å²) in [6, 6.07) is 130. The van der Waals surface area contributed by atoms with E-state index in [-0.39, 0.29) is 57.1 Å². The van der Waals surface area contributed by atoms with Gasteiger partial charge in [0.25, 0.3) is 5.91 Å². The third kappa shape index (κ3) is 18.3. The first-order valence-corrected chi connectivity index (χ1v) is 52.2. The van der Waals surface area contributed by atoms with E-state index in [2.05, 4.69) is 295 Å². The number of rotatable bonds is 17. The number of carbonyl (C=O) groups is 3. The van der Waals surface area contributed by atoms with Crippen LogP contribution in [0.2, 0.25) is 0 Å². The molecule has 0 saturated heterocycles. The number of aromatic nitrogens is 6. The van der Waals surface area contributed by atoms with E-state index in [0.29, 0.717) is 75.9 Å². The van der Waals surface area contributed by atoms with Gasteiger partial charge in [-0.25, -0.2) is 4.98 Å². The van der Waals surface area contributed by atoms with Crippen LogP contribution >= 0.6 is 23.5 Å². The van der Waals surface area contributed by atoms with E-state index >= 15 is 0 Å². The number of amides is 1. The predicted octanol–water partition coefficient (Wildman–Crippen LogP) is 32.6. The molecular weight excluding hydrogens is 1860 g/mol. The summed E-state index contributed by atoms with van der Waals surface area (Å²) in [7, 11) is 0. The summed E-state index contributed by atoms with van der Waals surface area (Å²) in [5.74, 6) is 4.61. The van der Waals surface area contributed by atoms with Gasteiger partial charge in [0.1, 0.15) is 0 Å². The second-order valence-corrected chi connectivity index (χ2v) is 42.3. The molecule has 3 aromatic heterocycles. The fraction of sp³-hybridized carbons (Fsp3) is 0.200. The van der Waals surface area contributed by atoms with Crippen molar-refractivity contribution in [1.29, 1.82) is 0 Å². The SMILES string of the molecule is C.C.C.C=C1C=CC(=O)N1C1CC(n2cnc3ccccc32)C1.CC1(C)c2ccccc2N(C2CC(c3cc(C(=O)c4ccccc4)cc(C(=O)c4ccccc4)c3)C2)c2ccccc21.c1ccc(-c2cnc(C3CC(c4cccc(N5c6ccccc6Oc6ccccc65)c4)C3)cn2)cc1.c1ccc2c(c1)Sc1ccccc1N2C1CC(c2cc(-c3ncon3)cc(C3CC(N4c5ccccc5Sc5ccccc54)C3)c2)C1. The Morgan fingerprint density at radius 1 is 0.358 bits per heavy atom. The molecule has 5 aliphatic carbocycles. The van der Waals surface area contributed by atoms with Crippen LogP contribution in [0, 0.1) is 0 Å². The highest BCUT2D eigenvalue weighted by molar-refractivity contribution is 8.00. The number of para-hydroxylation sites is 12. The third-order valence-corrected chi connectivity index (χ3v) is 33.5. The lowest BCUT2D eigenvalue weighted by molar-refractivity contribution is -0.127. The van der Waals surface area contributed by atoms with Gasteiger partial charge in [0.15, 0.2) is 23.1 Å². The Bertz CT molecular complexity index is 7600. The summed E-state index contributed by atoms with van der Waals surface area (Å²) in [4.78, 5) is 74.5.